The zero-order chi connectivity index (χ0) is 29.9. The first-order valence-corrected chi connectivity index (χ1v) is 16.9. The summed E-state index contributed by atoms with van der Waals surface area (Å²) in [5.74, 6) is -1.16. The van der Waals surface area contributed by atoms with Gasteiger partial charge in [-0.15, -0.1) is 11.8 Å². The van der Waals surface area contributed by atoms with E-state index in [-0.39, 0.29) is 39.3 Å². The van der Waals surface area contributed by atoms with E-state index in [1.165, 1.54) is 16.7 Å². The van der Waals surface area contributed by atoms with Crippen LogP contribution in [0.1, 0.15) is 50.4 Å². The van der Waals surface area contributed by atoms with Gasteiger partial charge in [0.15, 0.2) is 5.79 Å². The predicted molar refractivity (Wildman–Crippen MR) is 168 cm³/mol. The number of ether oxygens (including phenoxy) is 2. The number of carbonyl (C=O) groups is 1. The second-order valence-corrected chi connectivity index (χ2v) is 18.0. The normalized spacial score (nSPS) is 23.7. The Bertz CT molecular complexity index is 1570. The number of benzene rings is 2. The van der Waals surface area contributed by atoms with Gasteiger partial charge in [0.1, 0.15) is 35.4 Å². The number of nitrogens with zero attached hydrogens (tertiary/aromatic N) is 3. The smallest absolute Gasteiger partial charge is 0.261 e. The Labute approximate surface area is 251 Å². The summed E-state index contributed by atoms with van der Waals surface area (Å²) in [5.41, 5.74) is 12.7. The molecule has 0 bridgehead atoms. The van der Waals surface area contributed by atoms with Crippen LogP contribution in [0.5, 0.6) is 0 Å². The summed E-state index contributed by atoms with van der Waals surface area (Å²) in [6, 6.07) is 21.2. The van der Waals surface area contributed by atoms with Crippen molar-refractivity contribution in [3.05, 3.63) is 78.8 Å². The molecule has 2 aliphatic heterocycles. The minimum absolute atomic E-state index is 0.0583. The lowest BCUT2D eigenvalue weighted by molar-refractivity contribution is -0.149. The van der Waals surface area contributed by atoms with E-state index in [1.807, 2.05) is 30.5 Å². The Morgan fingerprint density at radius 1 is 1.02 bits per heavy atom. The van der Waals surface area contributed by atoms with Gasteiger partial charge >= 0.3 is 0 Å². The molecule has 2 fully saturated rings. The molecule has 4 aromatic rings. The Kier molecular flexibility index (Phi) is 7.22. The molecule has 2 aromatic heterocycles. The zero-order valence-corrected chi connectivity index (χ0v) is 26.3. The monoisotopic (exact) mass is 603 g/mol. The summed E-state index contributed by atoms with van der Waals surface area (Å²) in [6.07, 6.45) is 2.55. The fourth-order valence-electron chi connectivity index (χ4n) is 6.48. The van der Waals surface area contributed by atoms with Crippen molar-refractivity contribution < 1.29 is 18.7 Å². The van der Waals surface area contributed by atoms with Gasteiger partial charge in [0.25, 0.3) is 14.2 Å². The number of carbonyl (C=O) groups excluding carboxylic acids is 1. The number of nitrogen functional groups attached to an aromatic ring is 1. The van der Waals surface area contributed by atoms with Gasteiger partial charge in [0.2, 0.25) is 0 Å². The van der Waals surface area contributed by atoms with Gasteiger partial charge in [0, 0.05) is 12.8 Å². The van der Waals surface area contributed by atoms with Crippen LogP contribution in [0.15, 0.2) is 73.2 Å². The molecule has 4 atom stereocenters. The van der Waals surface area contributed by atoms with Crippen LogP contribution >= 0.6 is 11.8 Å². The van der Waals surface area contributed by atoms with Crippen molar-refractivity contribution in [3.8, 4) is 0 Å². The molecule has 0 saturated carbocycles. The van der Waals surface area contributed by atoms with Crippen LogP contribution < -0.4 is 21.8 Å². The molecule has 0 radical (unpaired) electrons. The minimum Gasteiger partial charge on any atom is -0.406 e. The van der Waals surface area contributed by atoms with Crippen molar-refractivity contribution in [2.24, 2.45) is 5.73 Å². The average molecular weight is 604 g/mol. The second-order valence-electron chi connectivity index (χ2n) is 12.4. The molecule has 6 rings (SSSR count). The molecule has 2 saturated heterocycles. The summed E-state index contributed by atoms with van der Waals surface area (Å²) in [5, 5.41) is 2.42. The molecule has 4 N–H and O–H groups in total. The van der Waals surface area contributed by atoms with Gasteiger partial charge < -0.3 is 29.9 Å². The number of thioether (sulfide) groups is 1. The molecular formula is C31H37N5O4SSi. The molecule has 0 spiro atoms. The lowest BCUT2D eigenvalue weighted by Crippen LogP contribution is -2.67. The predicted octanol–water partition coefficient (Wildman–Crippen LogP) is 3.82. The van der Waals surface area contributed by atoms with Gasteiger partial charge in [-0.2, -0.15) is 0 Å². The highest BCUT2D eigenvalue weighted by molar-refractivity contribution is 8.00. The highest BCUT2D eigenvalue weighted by atomic mass is 32.2. The molecular weight excluding hydrogens is 567 g/mol. The number of fused-ring (bicyclic) bond motifs is 2. The van der Waals surface area contributed by atoms with Crippen molar-refractivity contribution in [1.82, 2.24) is 14.5 Å². The Balaban J connectivity index is 1.41. The second kappa shape index (κ2) is 10.5. The molecule has 1 amide bonds. The van der Waals surface area contributed by atoms with Crippen LogP contribution in [0.25, 0.3) is 11.0 Å². The van der Waals surface area contributed by atoms with Crippen molar-refractivity contribution >= 4 is 53.2 Å². The fourth-order valence-corrected chi connectivity index (χ4v) is 12.7. The molecule has 2 aromatic carbocycles. The van der Waals surface area contributed by atoms with Crippen molar-refractivity contribution in [2.75, 3.05) is 12.3 Å². The Morgan fingerprint density at radius 3 is 2.19 bits per heavy atom. The molecule has 42 heavy (non-hydrogen) atoms. The first-order chi connectivity index (χ1) is 19.9. The summed E-state index contributed by atoms with van der Waals surface area (Å²) in [6.45, 7) is 11.1. The number of hydrogen-bond acceptors (Lipinski definition) is 8. The zero-order valence-electron chi connectivity index (χ0n) is 24.5. The Hall–Kier alpha value is -3.22. The van der Waals surface area contributed by atoms with Crippen LogP contribution in [0.4, 0.5) is 5.82 Å². The van der Waals surface area contributed by atoms with E-state index in [0.29, 0.717) is 17.6 Å². The number of primary amides is 1. The van der Waals surface area contributed by atoms with E-state index < -0.39 is 20.0 Å². The standard InChI is InChI=1S/C31H37N5O4SSi/c1-30(2,3)42(19-12-8-6-9-13-19,20-14-10-7-11-15-20)38-17-22-24-25(40-31(4,5)39-24)29(41-22)36-16-21(27(33)37)23-26(32)34-18-35-28(23)36/h6-16,18,22,24-25,29H,17H2,1-5H3,(H2,33,37)(H2,32,34,35)/t22-,24-,25-,29-/m1/s1. The van der Waals surface area contributed by atoms with Crippen LogP contribution in [0, 0.1) is 0 Å². The number of aromatic nitrogens is 3. The quantitative estimate of drug-likeness (QED) is 0.305. The highest BCUT2D eigenvalue weighted by Gasteiger charge is 2.57. The van der Waals surface area contributed by atoms with E-state index in [0.717, 1.165) is 0 Å². The number of hydrogen-bond donors (Lipinski definition) is 2. The molecule has 0 aliphatic carbocycles. The van der Waals surface area contributed by atoms with E-state index in [9.17, 15) is 4.79 Å². The molecule has 0 unspecified atom stereocenters. The van der Waals surface area contributed by atoms with Gasteiger partial charge in [0.05, 0.1) is 16.2 Å². The van der Waals surface area contributed by atoms with Crippen molar-refractivity contribution in [1.29, 1.82) is 0 Å². The van der Waals surface area contributed by atoms with Crippen molar-refractivity contribution in [2.45, 2.75) is 68.3 Å². The molecule has 4 heterocycles. The van der Waals surface area contributed by atoms with E-state index >= 15 is 0 Å². The van der Waals surface area contributed by atoms with Gasteiger partial charge in [-0.1, -0.05) is 81.4 Å². The van der Waals surface area contributed by atoms with E-state index in [4.69, 9.17) is 25.4 Å². The third-order valence-corrected chi connectivity index (χ3v) is 14.7. The van der Waals surface area contributed by atoms with E-state index in [1.54, 1.807) is 18.0 Å². The topological polar surface area (TPSA) is 128 Å². The largest absolute Gasteiger partial charge is 0.406 e. The number of amides is 1. The van der Waals surface area contributed by atoms with Crippen LogP contribution in [0.2, 0.25) is 5.04 Å². The number of nitrogens with two attached hydrogens (primary N) is 2. The number of rotatable bonds is 7. The maximum atomic E-state index is 12.4. The summed E-state index contributed by atoms with van der Waals surface area (Å²) in [7, 11) is -2.77. The molecule has 11 heteroatoms. The lowest BCUT2D eigenvalue weighted by Gasteiger charge is -2.43. The van der Waals surface area contributed by atoms with Gasteiger partial charge in [-0.25, -0.2) is 9.97 Å². The van der Waals surface area contributed by atoms with Crippen LogP contribution in [0.3, 0.4) is 0 Å². The summed E-state index contributed by atoms with van der Waals surface area (Å²) >= 11 is 1.70. The third kappa shape index (κ3) is 4.73. The first kappa shape index (κ1) is 28.9. The fraction of sp³-hybridized carbons (Fsp3) is 0.387. The SMILES string of the molecule is CC1(C)O[C@@H]2[C@H](O1)[C@@H](CO[Si](c1ccccc1)(c1ccccc1)C(C)(C)C)S[C@H]2n1cc(C(N)=O)c2c(N)ncnc21. The molecule has 220 valence electrons. The average Bonchev–Trinajstić information content (AvgIpc) is 3.59. The van der Waals surface area contributed by atoms with Gasteiger partial charge in [-0.05, 0) is 29.3 Å². The third-order valence-electron chi connectivity index (χ3n) is 8.18. The number of anilines is 1. The maximum absolute atomic E-state index is 12.4. The lowest BCUT2D eigenvalue weighted by atomic mass is 10.1. The van der Waals surface area contributed by atoms with Gasteiger partial charge in [-0.3, -0.25) is 4.79 Å². The summed E-state index contributed by atoms with van der Waals surface area (Å²) < 4.78 is 22.3. The first-order valence-electron chi connectivity index (χ1n) is 14.1. The Morgan fingerprint density at radius 2 is 1.62 bits per heavy atom. The molecule has 2 aliphatic rings. The summed E-state index contributed by atoms with van der Waals surface area (Å²) in [4.78, 5) is 21.0. The van der Waals surface area contributed by atoms with Crippen LogP contribution in [-0.4, -0.2) is 58.6 Å². The highest BCUT2D eigenvalue weighted by Crippen LogP contribution is 2.52. The van der Waals surface area contributed by atoms with Crippen molar-refractivity contribution in [3.63, 3.8) is 0 Å². The van der Waals surface area contributed by atoms with Crippen LogP contribution in [-0.2, 0) is 13.9 Å². The minimum atomic E-state index is -2.77. The van der Waals surface area contributed by atoms with E-state index in [2.05, 4.69) is 79.3 Å². The maximum Gasteiger partial charge on any atom is 0.261 e. The molecule has 9 nitrogen and oxygen atoms in total.